The third kappa shape index (κ3) is 4.92. The number of carboxylic acids is 1. The van der Waals surface area contributed by atoms with Gasteiger partial charge in [0.05, 0.1) is 11.4 Å². The molecule has 1 heterocycles. The average Bonchev–Trinajstić information content (AvgIpc) is 3.70. The van der Waals surface area contributed by atoms with Gasteiger partial charge in [0.2, 0.25) is 13.2 Å². The third-order valence-electron chi connectivity index (χ3n) is 6.09. The maximum Gasteiger partial charge on any atom is 0.335 e. The first kappa shape index (κ1) is 24.8. The molecule has 1 aliphatic carbocycles. The molecule has 0 saturated heterocycles. The summed E-state index contributed by atoms with van der Waals surface area (Å²) >= 11 is 0. The van der Waals surface area contributed by atoms with Crippen molar-refractivity contribution < 1.29 is 28.5 Å². The number of rotatable bonds is 8. The predicted molar refractivity (Wildman–Crippen MR) is 131 cm³/mol. The number of benzene rings is 2. The van der Waals surface area contributed by atoms with Gasteiger partial charge >= 0.3 is 5.97 Å². The molecule has 0 spiro atoms. The van der Waals surface area contributed by atoms with Crippen LogP contribution in [0.2, 0.25) is 0 Å². The summed E-state index contributed by atoms with van der Waals surface area (Å²) < 4.78 is 32.0. The molecule has 180 valence electrons. The lowest BCUT2D eigenvalue weighted by atomic mass is 9.78. The Morgan fingerprint density at radius 1 is 1.11 bits per heavy atom. The van der Waals surface area contributed by atoms with Crippen LogP contribution in [0.3, 0.4) is 0 Å². The maximum absolute atomic E-state index is 13.6. The van der Waals surface area contributed by atoms with E-state index in [4.69, 9.17) is 4.52 Å². The zero-order valence-electron chi connectivity index (χ0n) is 19.1. The van der Waals surface area contributed by atoms with Gasteiger partial charge in [-0.2, -0.15) is 0 Å². The van der Waals surface area contributed by atoms with E-state index >= 15 is 0 Å². The Balaban J connectivity index is 1.96. The van der Waals surface area contributed by atoms with Crippen LogP contribution in [-0.2, 0) is 25.9 Å². The summed E-state index contributed by atoms with van der Waals surface area (Å²) in [6.45, 7) is 0. The molecule has 0 bridgehead atoms. The van der Waals surface area contributed by atoms with Crippen molar-refractivity contribution in [2.24, 2.45) is 5.92 Å². The molecule has 0 aliphatic heterocycles. The fourth-order valence-electron chi connectivity index (χ4n) is 3.98. The molecule has 35 heavy (non-hydrogen) atoms. The van der Waals surface area contributed by atoms with Gasteiger partial charge in [0.25, 0.3) is 0 Å². The minimum absolute atomic E-state index is 0.0222. The molecule has 6 nitrogen and oxygen atoms in total. The molecule has 3 unspecified atom stereocenters. The van der Waals surface area contributed by atoms with Crippen molar-refractivity contribution in [2.75, 3.05) is 7.11 Å². The van der Waals surface area contributed by atoms with Crippen LogP contribution in [0, 0.1) is 23.6 Å². The van der Waals surface area contributed by atoms with E-state index in [-0.39, 0.29) is 18.0 Å². The van der Waals surface area contributed by atoms with Gasteiger partial charge in [-0.15, -0.1) is 0 Å². The average molecular weight is 493 g/mol. The van der Waals surface area contributed by atoms with Crippen LogP contribution >= 0.6 is 8.03 Å². The lowest BCUT2D eigenvalue weighted by molar-refractivity contribution is -0.146. The molecule has 1 fully saturated rings. The number of aliphatic carboxylic acids is 1. The molecule has 2 N–H and O–H groups in total. The Kier molecular flexibility index (Phi) is 7.18. The highest BCUT2D eigenvalue weighted by atomic mass is 31.1. The van der Waals surface area contributed by atoms with Crippen LogP contribution in [0.25, 0.3) is 11.3 Å². The number of hydrogen-bond donors (Lipinski definition) is 2. The maximum atomic E-state index is 13.6. The molecule has 0 radical (unpaired) electrons. The molecule has 0 amide bonds. The minimum Gasteiger partial charge on any atom is -0.480 e. The van der Waals surface area contributed by atoms with Gasteiger partial charge < -0.3 is 14.7 Å². The van der Waals surface area contributed by atoms with Gasteiger partial charge in [-0.05, 0) is 42.7 Å². The molecular formula is C27H25FNO5P. The van der Waals surface area contributed by atoms with E-state index in [2.05, 4.69) is 16.8 Å². The van der Waals surface area contributed by atoms with Gasteiger partial charge in [0.1, 0.15) is 11.4 Å². The zero-order valence-corrected chi connectivity index (χ0v) is 20.1. The standard InChI is InChI=1S/C27H25FNO5P/c1-34-35(33)27(25(30)31,17-16-19-10-11-19)26(32,18-20-12-14-22(28)15-13-20)24-9-5-8-23(29-24)21-6-3-2-4-7-21/h2-9,12-15,19,32,35H,10-11,18H2,1H3,(H,30,31). The number of carboxylic acid groups (broad SMARTS) is 1. The number of nitrogens with zero attached hydrogens (tertiary/aromatic N) is 1. The Labute approximate surface area is 203 Å². The predicted octanol–water partition coefficient (Wildman–Crippen LogP) is 4.68. The summed E-state index contributed by atoms with van der Waals surface area (Å²) in [4.78, 5) is 17.5. The van der Waals surface area contributed by atoms with Crippen molar-refractivity contribution >= 4 is 14.0 Å². The van der Waals surface area contributed by atoms with Crippen LogP contribution in [0.4, 0.5) is 4.39 Å². The molecule has 1 saturated carbocycles. The van der Waals surface area contributed by atoms with Crippen LogP contribution in [0.1, 0.15) is 24.1 Å². The highest BCUT2D eigenvalue weighted by Crippen LogP contribution is 2.53. The van der Waals surface area contributed by atoms with E-state index in [1.54, 1.807) is 12.1 Å². The molecule has 3 aromatic rings. The first-order chi connectivity index (χ1) is 16.8. The lowest BCUT2D eigenvalue weighted by Crippen LogP contribution is -2.56. The van der Waals surface area contributed by atoms with Crippen molar-refractivity contribution in [2.45, 2.75) is 30.0 Å². The second kappa shape index (κ2) is 10.1. The van der Waals surface area contributed by atoms with Crippen molar-refractivity contribution in [3.8, 4) is 23.1 Å². The van der Waals surface area contributed by atoms with E-state index in [0.29, 0.717) is 11.3 Å². The Morgan fingerprint density at radius 2 is 1.80 bits per heavy atom. The zero-order chi connectivity index (χ0) is 25.1. The normalized spacial score (nSPS) is 17.3. The topological polar surface area (TPSA) is 96.7 Å². The Bertz CT molecular complexity index is 1300. The Morgan fingerprint density at radius 3 is 2.40 bits per heavy atom. The first-order valence-electron chi connectivity index (χ1n) is 11.1. The summed E-state index contributed by atoms with van der Waals surface area (Å²) in [5.74, 6) is 3.46. The van der Waals surface area contributed by atoms with Gasteiger partial charge in [0.15, 0.2) is 0 Å². The molecule has 4 rings (SSSR count). The van der Waals surface area contributed by atoms with Crippen LogP contribution in [0.5, 0.6) is 0 Å². The number of halogens is 1. The molecule has 3 atom stereocenters. The first-order valence-corrected chi connectivity index (χ1v) is 12.5. The van der Waals surface area contributed by atoms with E-state index in [9.17, 15) is 24.0 Å². The molecular weight excluding hydrogens is 468 g/mol. The van der Waals surface area contributed by atoms with Crippen LogP contribution in [0.15, 0.2) is 72.8 Å². The number of aliphatic hydroxyl groups is 1. The highest BCUT2D eigenvalue weighted by Gasteiger charge is 2.62. The van der Waals surface area contributed by atoms with Gasteiger partial charge in [0, 0.05) is 25.0 Å². The minimum atomic E-state index is -3.49. The fourth-order valence-corrected chi connectivity index (χ4v) is 5.19. The number of aromatic nitrogens is 1. The van der Waals surface area contributed by atoms with E-state index in [1.807, 2.05) is 30.3 Å². The SMILES string of the molecule is CO[PH](=O)C(C#CC1CC1)(C(=O)O)C(O)(Cc1ccc(F)cc1)c1cccc(-c2ccccc2)n1. The van der Waals surface area contributed by atoms with Crippen molar-refractivity contribution in [3.05, 3.63) is 89.9 Å². The van der Waals surface area contributed by atoms with E-state index in [0.717, 1.165) is 25.5 Å². The number of carbonyl (C=O) groups is 1. The monoisotopic (exact) mass is 493 g/mol. The second-order valence-corrected chi connectivity index (χ2v) is 10.3. The second-order valence-electron chi connectivity index (χ2n) is 8.53. The molecule has 2 aromatic carbocycles. The van der Waals surface area contributed by atoms with Crippen molar-refractivity contribution in [1.82, 2.24) is 4.98 Å². The lowest BCUT2D eigenvalue weighted by Gasteiger charge is -2.39. The quantitative estimate of drug-likeness (QED) is 0.350. The molecule has 1 aliphatic rings. The van der Waals surface area contributed by atoms with E-state index in [1.165, 1.54) is 30.3 Å². The van der Waals surface area contributed by atoms with Gasteiger partial charge in [-0.3, -0.25) is 4.57 Å². The van der Waals surface area contributed by atoms with Gasteiger partial charge in [-0.25, -0.2) is 14.2 Å². The van der Waals surface area contributed by atoms with Crippen molar-refractivity contribution in [1.29, 1.82) is 0 Å². The van der Waals surface area contributed by atoms with Crippen LogP contribution in [-0.4, -0.2) is 33.4 Å². The fraction of sp³-hybridized carbons (Fsp3) is 0.259. The molecule has 8 heteroatoms. The summed E-state index contributed by atoms with van der Waals surface area (Å²) in [5.41, 5.74) is -0.721. The summed E-state index contributed by atoms with van der Waals surface area (Å²) in [5, 5.41) is 20.3. The molecule has 1 aromatic heterocycles. The number of pyridine rings is 1. The highest BCUT2D eigenvalue weighted by molar-refractivity contribution is 7.43. The summed E-state index contributed by atoms with van der Waals surface area (Å²) in [7, 11) is -2.36. The summed E-state index contributed by atoms with van der Waals surface area (Å²) in [6.07, 6.45) is 1.27. The third-order valence-corrected chi connectivity index (χ3v) is 7.83. The summed E-state index contributed by atoms with van der Waals surface area (Å²) in [6, 6.07) is 19.3. The van der Waals surface area contributed by atoms with Gasteiger partial charge in [-0.1, -0.05) is 60.4 Å². The van der Waals surface area contributed by atoms with E-state index < -0.39 is 30.6 Å². The van der Waals surface area contributed by atoms with Crippen molar-refractivity contribution in [3.63, 3.8) is 0 Å². The Hall–Kier alpha value is -3.30. The largest absolute Gasteiger partial charge is 0.480 e. The number of hydrogen-bond acceptors (Lipinski definition) is 5. The van der Waals surface area contributed by atoms with Crippen LogP contribution < -0.4 is 0 Å². The smallest absolute Gasteiger partial charge is 0.335 e.